The predicted octanol–water partition coefficient (Wildman–Crippen LogP) is 1.27. The van der Waals surface area contributed by atoms with Crippen LogP contribution < -0.4 is 4.90 Å². The molecule has 0 spiro atoms. The van der Waals surface area contributed by atoms with Gasteiger partial charge in [0.15, 0.2) is 0 Å². The molecule has 0 radical (unpaired) electrons. The molecular formula is C16H17N5O3S. The van der Waals surface area contributed by atoms with Crippen LogP contribution in [0.25, 0.3) is 10.9 Å². The summed E-state index contributed by atoms with van der Waals surface area (Å²) in [5, 5.41) is 4.66. The largest absolute Gasteiger partial charge is 0.368 e. The van der Waals surface area contributed by atoms with Gasteiger partial charge in [-0.25, -0.2) is 8.42 Å². The predicted molar refractivity (Wildman–Crippen MR) is 92.5 cm³/mol. The van der Waals surface area contributed by atoms with E-state index in [9.17, 15) is 8.42 Å². The highest BCUT2D eigenvalue weighted by atomic mass is 32.2. The monoisotopic (exact) mass is 359 g/mol. The second-order valence-electron chi connectivity index (χ2n) is 5.86. The summed E-state index contributed by atoms with van der Waals surface area (Å²) < 4.78 is 31.3. The van der Waals surface area contributed by atoms with E-state index in [2.05, 4.69) is 20.0 Å². The molecule has 1 fully saturated rings. The third kappa shape index (κ3) is 3.20. The summed E-state index contributed by atoms with van der Waals surface area (Å²) in [5.74, 6) is -0.133. The average molecular weight is 359 g/mol. The van der Waals surface area contributed by atoms with Crippen molar-refractivity contribution in [3.05, 3.63) is 48.7 Å². The summed E-state index contributed by atoms with van der Waals surface area (Å²) in [6, 6.07) is 5.39. The van der Waals surface area contributed by atoms with Gasteiger partial charge in [0.2, 0.25) is 10.0 Å². The number of rotatable bonds is 4. The van der Waals surface area contributed by atoms with Crippen molar-refractivity contribution in [2.45, 2.75) is 5.75 Å². The van der Waals surface area contributed by atoms with E-state index in [4.69, 9.17) is 4.52 Å². The van der Waals surface area contributed by atoms with Crippen molar-refractivity contribution in [3.63, 3.8) is 0 Å². The Hall–Kier alpha value is -2.52. The minimum absolute atomic E-state index is 0.133. The Labute approximate surface area is 145 Å². The molecule has 4 rings (SSSR count). The highest BCUT2D eigenvalue weighted by Crippen LogP contribution is 2.26. The second-order valence-corrected chi connectivity index (χ2v) is 7.82. The first-order valence-electron chi connectivity index (χ1n) is 7.94. The first-order valence-corrected chi connectivity index (χ1v) is 9.55. The van der Waals surface area contributed by atoms with Crippen LogP contribution in [0.2, 0.25) is 0 Å². The van der Waals surface area contributed by atoms with Crippen LogP contribution in [-0.4, -0.2) is 54.0 Å². The lowest BCUT2D eigenvalue weighted by atomic mass is 10.2. The Bertz CT molecular complexity index is 961. The van der Waals surface area contributed by atoms with E-state index in [-0.39, 0.29) is 5.75 Å². The molecule has 0 bridgehead atoms. The first-order chi connectivity index (χ1) is 12.1. The Kier molecular flexibility index (Phi) is 4.10. The maximum Gasteiger partial charge on any atom is 0.220 e. The van der Waals surface area contributed by atoms with Crippen molar-refractivity contribution in [1.82, 2.24) is 19.4 Å². The fraction of sp³-hybridized carbons (Fsp3) is 0.312. The third-order valence-corrected chi connectivity index (χ3v) is 6.13. The van der Waals surface area contributed by atoms with Crippen molar-refractivity contribution < 1.29 is 12.9 Å². The van der Waals surface area contributed by atoms with Crippen LogP contribution in [0.3, 0.4) is 0 Å². The number of sulfonamides is 1. The Morgan fingerprint density at radius 2 is 1.92 bits per heavy atom. The molecule has 130 valence electrons. The summed E-state index contributed by atoms with van der Waals surface area (Å²) in [6.07, 6.45) is 6.66. The molecule has 0 aromatic carbocycles. The normalized spacial score (nSPS) is 16.4. The van der Waals surface area contributed by atoms with Crippen LogP contribution in [0, 0.1) is 0 Å². The van der Waals surface area contributed by atoms with Gasteiger partial charge in [-0.15, -0.1) is 0 Å². The van der Waals surface area contributed by atoms with Gasteiger partial charge in [0.25, 0.3) is 0 Å². The van der Waals surface area contributed by atoms with Crippen LogP contribution in [0.15, 0.2) is 47.6 Å². The van der Waals surface area contributed by atoms with Gasteiger partial charge in [0.05, 0.1) is 11.2 Å². The Balaban J connectivity index is 1.49. The van der Waals surface area contributed by atoms with E-state index in [0.717, 1.165) is 16.6 Å². The van der Waals surface area contributed by atoms with Crippen molar-refractivity contribution >= 4 is 26.6 Å². The van der Waals surface area contributed by atoms with Gasteiger partial charge in [-0.3, -0.25) is 9.97 Å². The fourth-order valence-corrected chi connectivity index (χ4v) is 4.47. The zero-order chi connectivity index (χ0) is 17.3. The molecule has 8 nitrogen and oxygen atoms in total. The van der Waals surface area contributed by atoms with Crippen LogP contribution in [0.5, 0.6) is 0 Å². The summed E-state index contributed by atoms with van der Waals surface area (Å²) >= 11 is 0. The molecule has 3 aromatic heterocycles. The molecule has 0 N–H and O–H groups in total. The summed E-state index contributed by atoms with van der Waals surface area (Å²) in [5.41, 5.74) is 2.34. The Morgan fingerprint density at radius 1 is 1.08 bits per heavy atom. The van der Waals surface area contributed by atoms with Crippen LogP contribution in [0.1, 0.15) is 5.69 Å². The molecule has 1 saturated heterocycles. The van der Waals surface area contributed by atoms with Crippen molar-refractivity contribution in [2.24, 2.45) is 0 Å². The van der Waals surface area contributed by atoms with Gasteiger partial charge in [-0.2, -0.15) is 4.31 Å². The molecule has 25 heavy (non-hydrogen) atoms. The number of pyridine rings is 2. The smallest absolute Gasteiger partial charge is 0.220 e. The second kappa shape index (κ2) is 6.41. The maximum atomic E-state index is 12.5. The molecule has 3 aromatic rings. The number of fused-ring (bicyclic) bond motifs is 1. The fourth-order valence-electron chi connectivity index (χ4n) is 3.05. The lowest BCUT2D eigenvalue weighted by Crippen LogP contribution is -2.49. The third-order valence-electron chi connectivity index (χ3n) is 4.31. The van der Waals surface area contributed by atoms with Gasteiger partial charge < -0.3 is 9.42 Å². The van der Waals surface area contributed by atoms with Crippen LogP contribution in [0.4, 0.5) is 5.69 Å². The van der Waals surface area contributed by atoms with Gasteiger partial charge >= 0.3 is 0 Å². The van der Waals surface area contributed by atoms with E-state index >= 15 is 0 Å². The molecular weight excluding hydrogens is 342 g/mol. The van der Waals surface area contributed by atoms with Crippen LogP contribution in [-0.2, 0) is 15.8 Å². The highest BCUT2D eigenvalue weighted by Gasteiger charge is 2.28. The number of nitrogens with zero attached hydrogens (tertiary/aromatic N) is 5. The summed E-state index contributed by atoms with van der Waals surface area (Å²) in [4.78, 5) is 10.7. The molecule has 0 amide bonds. The van der Waals surface area contributed by atoms with E-state index in [1.807, 2.05) is 12.1 Å². The standard InChI is InChI=1S/C16H17N5O3S/c22-25(23,12-13-3-10-24-19-13)21-8-6-20(7-9-21)16-2-5-18-15-1-4-17-11-14(15)16/h1-5,10-11H,6-9,12H2. The van der Waals surface area contributed by atoms with E-state index in [1.54, 1.807) is 24.7 Å². The van der Waals surface area contributed by atoms with Crippen LogP contribution >= 0.6 is 0 Å². The zero-order valence-corrected chi connectivity index (χ0v) is 14.3. The average Bonchev–Trinajstić information content (AvgIpc) is 3.14. The van der Waals surface area contributed by atoms with E-state index in [0.29, 0.717) is 31.9 Å². The molecule has 0 saturated carbocycles. The lowest BCUT2D eigenvalue weighted by molar-refractivity contribution is 0.382. The molecule has 4 heterocycles. The number of anilines is 1. The van der Waals surface area contributed by atoms with Gasteiger partial charge in [0, 0.05) is 61.9 Å². The quantitative estimate of drug-likeness (QED) is 0.692. The zero-order valence-electron chi connectivity index (χ0n) is 13.4. The minimum Gasteiger partial charge on any atom is -0.368 e. The van der Waals surface area contributed by atoms with Gasteiger partial charge in [0.1, 0.15) is 12.0 Å². The lowest BCUT2D eigenvalue weighted by Gasteiger charge is -2.35. The summed E-state index contributed by atoms with van der Waals surface area (Å²) in [6.45, 7) is 2.10. The highest BCUT2D eigenvalue weighted by molar-refractivity contribution is 7.88. The minimum atomic E-state index is -3.39. The van der Waals surface area contributed by atoms with E-state index < -0.39 is 10.0 Å². The molecule has 9 heteroatoms. The molecule has 0 unspecified atom stereocenters. The number of hydrogen-bond donors (Lipinski definition) is 0. The number of aromatic nitrogens is 3. The molecule has 0 aliphatic carbocycles. The molecule has 1 aliphatic heterocycles. The van der Waals surface area contributed by atoms with Crippen molar-refractivity contribution in [1.29, 1.82) is 0 Å². The number of piperazine rings is 1. The SMILES string of the molecule is O=S(=O)(Cc1ccon1)N1CCN(c2ccnc3ccncc23)CC1. The Morgan fingerprint density at radius 3 is 2.68 bits per heavy atom. The molecule has 1 aliphatic rings. The van der Waals surface area contributed by atoms with E-state index in [1.165, 1.54) is 10.6 Å². The first kappa shape index (κ1) is 16.0. The number of hydrogen-bond acceptors (Lipinski definition) is 7. The molecule has 0 atom stereocenters. The summed E-state index contributed by atoms with van der Waals surface area (Å²) in [7, 11) is -3.39. The maximum absolute atomic E-state index is 12.5. The van der Waals surface area contributed by atoms with Gasteiger partial charge in [-0.1, -0.05) is 5.16 Å². The van der Waals surface area contributed by atoms with Crippen molar-refractivity contribution in [2.75, 3.05) is 31.1 Å². The van der Waals surface area contributed by atoms with Gasteiger partial charge in [-0.05, 0) is 12.1 Å². The topological polar surface area (TPSA) is 92.4 Å². The van der Waals surface area contributed by atoms with Crippen molar-refractivity contribution in [3.8, 4) is 0 Å².